The summed E-state index contributed by atoms with van der Waals surface area (Å²) in [4.78, 5) is 31.0. The van der Waals surface area contributed by atoms with Crippen molar-refractivity contribution in [1.82, 2.24) is 14.3 Å². The average molecular weight is 562 g/mol. The number of rotatable bonds is 9. The lowest BCUT2D eigenvalue weighted by molar-refractivity contribution is -0.0498. The zero-order valence-electron chi connectivity index (χ0n) is 21.5. The van der Waals surface area contributed by atoms with Gasteiger partial charge in [0.1, 0.15) is 40.3 Å². The number of ether oxygens (including phenoxy) is 4. The third kappa shape index (κ3) is 5.41. The Morgan fingerprint density at radius 1 is 0.900 bits per heavy atom. The van der Waals surface area contributed by atoms with E-state index in [1.807, 2.05) is 0 Å². The minimum atomic E-state index is -3.07. The molecule has 210 valence electrons. The molecular formula is C26H22F4N4O6. The Morgan fingerprint density at radius 3 is 2.05 bits per heavy atom. The Hall–Kier alpha value is -5.01. The van der Waals surface area contributed by atoms with Crippen LogP contribution in [0.3, 0.4) is 0 Å². The molecule has 40 heavy (non-hydrogen) atoms. The van der Waals surface area contributed by atoms with E-state index in [-0.39, 0.29) is 40.2 Å². The number of nitrogens with one attached hydrogen (secondary N) is 1. The number of hydrogen-bond acceptors (Lipinski definition) is 7. The number of methoxy groups -OCH3 is 3. The molecule has 0 aliphatic carbocycles. The summed E-state index contributed by atoms with van der Waals surface area (Å²) >= 11 is 0. The maximum Gasteiger partial charge on any atom is 0.387 e. The number of alkyl halides is 2. The van der Waals surface area contributed by atoms with Crippen molar-refractivity contribution in [2.24, 2.45) is 7.05 Å². The fraction of sp³-hybridized carbons (Fsp3) is 0.192. The predicted molar refractivity (Wildman–Crippen MR) is 135 cm³/mol. The number of amides is 1. The molecule has 0 aliphatic heterocycles. The van der Waals surface area contributed by atoms with E-state index in [1.165, 1.54) is 52.6 Å². The average Bonchev–Trinajstić information content (AvgIpc) is 3.16. The molecule has 4 aromatic rings. The summed E-state index contributed by atoms with van der Waals surface area (Å²) in [5.41, 5.74) is -2.42. The molecule has 0 saturated heterocycles. The molecule has 0 spiro atoms. The predicted octanol–water partition coefficient (Wildman–Crippen LogP) is 4.40. The third-order valence-electron chi connectivity index (χ3n) is 5.76. The first-order valence-corrected chi connectivity index (χ1v) is 11.4. The largest absolute Gasteiger partial charge is 0.497 e. The Balaban J connectivity index is 1.91. The first-order valence-electron chi connectivity index (χ1n) is 11.4. The minimum Gasteiger partial charge on any atom is -0.497 e. The van der Waals surface area contributed by atoms with E-state index >= 15 is 8.78 Å². The van der Waals surface area contributed by atoms with Crippen LogP contribution < -0.4 is 29.8 Å². The fourth-order valence-electron chi connectivity index (χ4n) is 3.93. The SMILES string of the molecule is COc1cc(OC)nc(-n2c(=O)c(NC(=O)c3ccc(OC(F)F)cc3)c(-c3c(F)cc(OC)cc3F)n2C)c1. The monoisotopic (exact) mass is 562 g/mol. The van der Waals surface area contributed by atoms with E-state index < -0.39 is 41.0 Å². The molecule has 10 nitrogen and oxygen atoms in total. The number of carbonyl (C=O) groups excluding carboxylic acids is 1. The highest BCUT2D eigenvalue weighted by atomic mass is 19.3. The van der Waals surface area contributed by atoms with Gasteiger partial charge in [0.2, 0.25) is 5.88 Å². The van der Waals surface area contributed by atoms with Gasteiger partial charge in [0, 0.05) is 36.9 Å². The van der Waals surface area contributed by atoms with Crippen LogP contribution in [0, 0.1) is 11.6 Å². The van der Waals surface area contributed by atoms with Gasteiger partial charge in [-0.2, -0.15) is 18.4 Å². The van der Waals surface area contributed by atoms with Crippen LogP contribution in [-0.4, -0.2) is 48.2 Å². The number of aromatic nitrogens is 3. The van der Waals surface area contributed by atoms with Gasteiger partial charge in [-0.25, -0.2) is 8.78 Å². The zero-order chi connectivity index (χ0) is 29.1. The highest BCUT2D eigenvalue weighted by Gasteiger charge is 2.28. The normalized spacial score (nSPS) is 10.9. The molecule has 1 amide bonds. The lowest BCUT2D eigenvalue weighted by Crippen LogP contribution is -2.23. The molecule has 0 aliphatic rings. The van der Waals surface area contributed by atoms with Gasteiger partial charge < -0.3 is 24.3 Å². The van der Waals surface area contributed by atoms with E-state index in [0.29, 0.717) is 0 Å². The summed E-state index contributed by atoms with van der Waals surface area (Å²) in [7, 11) is 5.28. The summed E-state index contributed by atoms with van der Waals surface area (Å²) < 4.78 is 77.1. The van der Waals surface area contributed by atoms with Crippen LogP contribution >= 0.6 is 0 Å². The number of nitrogens with zero attached hydrogens (tertiary/aromatic N) is 3. The summed E-state index contributed by atoms with van der Waals surface area (Å²) in [6.07, 6.45) is 0. The number of pyridine rings is 1. The van der Waals surface area contributed by atoms with Gasteiger partial charge in [0.05, 0.1) is 26.9 Å². The van der Waals surface area contributed by atoms with E-state index in [1.54, 1.807) is 0 Å². The first-order chi connectivity index (χ1) is 19.1. The van der Waals surface area contributed by atoms with Crippen molar-refractivity contribution in [3.63, 3.8) is 0 Å². The molecule has 0 radical (unpaired) electrons. The highest BCUT2D eigenvalue weighted by Crippen LogP contribution is 2.34. The van der Waals surface area contributed by atoms with Gasteiger partial charge in [-0.15, -0.1) is 0 Å². The molecule has 0 bridgehead atoms. The minimum absolute atomic E-state index is 0.0479. The standard InChI is InChI=1S/C26H22F4N4O6/c1-33-23(21-17(27)9-15(37-2)10-18(21)28)22(32-24(35)13-5-7-14(8-6-13)40-26(29)30)25(36)34(33)19-11-16(38-3)12-20(31-19)39-4/h5-12,26H,1-4H3,(H,32,35). The third-order valence-corrected chi connectivity index (χ3v) is 5.76. The van der Waals surface area contributed by atoms with Gasteiger partial charge in [0.15, 0.2) is 5.82 Å². The summed E-state index contributed by atoms with van der Waals surface area (Å²) in [6.45, 7) is -3.07. The molecule has 0 saturated carbocycles. The second-order valence-electron chi connectivity index (χ2n) is 8.09. The smallest absolute Gasteiger partial charge is 0.387 e. The maximum absolute atomic E-state index is 15.2. The Labute approximate surface area is 224 Å². The van der Waals surface area contributed by atoms with Crippen LogP contribution in [0.25, 0.3) is 17.1 Å². The van der Waals surface area contributed by atoms with E-state index in [2.05, 4.69) is 15.0 Å². The number of hydrogen-bond donors (Lipinski definition) is 1. The number of anilines is 1. The van der Waals surface area contributed by atoms with Crippen LogP contribution in [0.15, 0.2) is 53.3 Å². The Morgan fingerprint density at radius 2 is 1.50 bits per heavy atom. The number of halogens is 4. The van der Waals surface area contributed by atoms with Crippen molar-refractivity contribution in [2.45, 2.75) is 6.61 Å². The van der Waals surface area contributed by atoms with Gasteiger partial charge in [-0.05, 0) is 24.3 Å². The number of benzene rings is 2. The summed E-state index contributed by atoms with van der Waals surface area (Å²) in [5.74, 6) is -3.06. The van der Waals surface area contributed by atoms with Crippen LogP contribution in [0.2, 0.25) is 0 Å². The molecule has 0 atom stereocenters. The maximum atomic E-state index is 15.2. The topological polar surface area (TPSA) is 106 Å². The van der Waals surface area contributed by atoms with Crippen LogP contribution in [0.5, 0.6) is 23.1 Å². The Kier molecular flexibility index (Phi) is 7.98. The summed E-state index contributed by atoms with van der Waals surface area (Å²) in [5, 5.41) is 2.39. The van der Waals surface area contributed by atoms with Crippen LogP contribution in [-0.2, 0) is 7.05 Å². The summed E-state index contributed by atoms with van der Waals surface area (Å²) in [6, 6.07) is 9.27. The lowest BCUT2D eigenvalue weighted by Gasteiger charge is -2.13. The Bertz CT molecular complexity index is 1570. The molecule has 0 fully saturated rings. The van der Waals surface area contributed by atoms with Crippen molar-refractivity contribution in [2.75, 3.05) is 26.6 Å². The molecule has 4 rings (SSSR count). The van der Waals surface area contributed by atoms with Crippen LogP contribution in [0.4, 0.5) is 23.2 Å². The van der Waals surface area contributed by atoms with Crippen LogP contribution in [0.1, 0.15) is 10.4 Å². The number of carbonyl (C=O) groups is 1. The molecule has 1 N–H and O–H groups in total. The van der Waals surface area contributed by atoms with Crippen molar-refractivity contribution in [1.29, 1.82) is 0 Å². The molecule has 2 aromatic carbocycles. The van der Waals surface area contributed by atoms with Gasteiger partial charge in [-0.3, -0.25) is 14.3 Å². The molecule has 2 heterocycles. The molecule has 14 heteroatoms. The van der Waals surface area contributed by atoms with Gasteiger partial charge in [-0.1, -0.05) is 0 Å². The lowest BCUT2D eigenvalue weighted by atomic mass is 10.1. The van der Waals surface area contributed by atoms with Gasteiger partial charge >= 0.3 is 6.61 Å². The highest BCUT2D eigenvalue weighted by molar-refractivity contribution is 6.06. The quantitative estimate of drug-likeness (QED) is 0.302. The molecule has 0 unspecified atom stereocenters. The van der Waals surface area contributed by atoms with E-state index in [0.717, 1.165) is 33.6 Å². The van der Waals surface area contributed by atoms with Crippen molar-refractivity contribution in [3.8, 4) is 40.2 Å². The second kappa shape index (κ2) is 11.4. The zero-order valence-corrected chi connectivity index (χ0v) is 21.5. The van der Waals surface area contributed by atoms with Gasteiger partial charge in [0.25, 0.3) is 11.5 Å². The van der Waals surface area contributed by atoms with E-state index in [4.69, 9.17) is 14.2 Å². The fourth-order valence-corrected chi connectivity index (χ4v) is 3.93. The molecular weight excluding hydrogens is 540 g/mol. The molecule has 2 aromatic heterocycles. The van der Waals surface area contributed by atoms with Crippen molar-refractivity contribution >= 4 is 11.6 Å². The first kappa shape index (κ1) is 28.0. The van der Waals surface area contributed by atoms with Crippen molar-refractivity contribution in [3.05, 3.63) is 76.1 Å². The van der Waals surface area contributed by atoms with Crippen molar-refractivity contribution < 1.29 is 41.3 Å². The van der Waals surface area contributed by atoms with E-state index in [9.17, 15) is 18.4 Å². The second-order valence-corrected chi connectivity index (χ2v) is 8.09.